The molecule has 0 aliphatic carbocycles. The number of benzene rings is 2. The third-order valence-electron chi connectivity index (χ3n) is 2.99. The first-order valence-electron chi connectivity index (χ1n) is 7.00. The molecule has 0 amide bonds. The fourth-order valence-electron chi connectivity index (χ4n) is 1.88. The van der Waals surface area contributed by atoms with Crippen molar-refractivity contribution in [3.63, 3.8) is 0 Å². The van der Waals surface area contributed by atoms with Crippen molar-refractivity contribution in [2.24, 2.45) is 0 Å². The molecule has 0 saturated heterocycles. The van der Waals surface area contributed by atoms with Crippen molar-refractivity contribution >= 4 is 0 Å². The van der Waals surface area contributed by atoms with E-state index in [1.807, 2.05) is 74.8 Å². The van der Waals surface area contributed by atoms with Gasteiger partial charge in [0, 0.05) is 14.1 Å². The maximum Gasteiger partial charge on any atom is 0.0993 e. The third kappa shape index (κ3) is 6.06. The van der Waals surface area contributed by atoms with Crippen molar-refractivity contribution in [3.05, 3.63) is 71.8 Å². The Bertz CT molecular complexity index is 457. The lowest BCUT2D eigenvalue weighted by atomic mass is 10.2. The second-order valence-corrected chi connectivity index (χ2v) is 4.92. The van der Waals surface area contributed by atoms with Crippen molar-refractivity contribution in [1.29, 1.82) is 0 Å². The van der Waals surface area contributed by atoms with Crippen LogP contribution in [0.25, 0.3) is 0 Å². The van der Waals surface area contributed by atoms with Crippen LogP contribution < -0.4 is 0 Å². The average Bonchev–Trinajstić information content (AvgIpc) is 2.53. The lowest BCUT2D eigenvalue weighted by molar-refractivity contribution is -0.246. The van der Waals surface area contributed by atoms with E-state index in [0.29, 0.717) is 19.9 Å². The van der Waals surface area contributed by atoms with E-state index in [1.54, 1.807) is 10.1 Å². The van der Waals surface area contributed by atoms with Gasteiger partial charge in [0.05, 0.1) is 19.9 Å². The third-order valence-corrected chi connectivity index (χ3v) is 2.99. The van der Waals surface area contributed by atoms with Crippen molar-refractivity contribution in [1.82, 2.24) is 10.1 Å². The van der Waals surface area contributed by atoms with Gasteiger partial charge < -0.3 is 0 Å². The normalized spacial score (nSPS) is 11.2. The summed E-state index contributed by atoms with van der Waals surface area (Å²) >= 11 is 0. The average molecular weight is 286 g/mol. The number of hydroxylamine groups is 4. The summed E-state index contributed by atoms with van der Waals surface area (Å²) in [5, 5.41) is 3.52. The van der Waals surface area contributed by atoms with Crippen molar-refractivity contribution in [2.45, 2.75) is 13.2 Å². The van der Waals surface area contributed by atoms with Crippen molar-refractivity contribution in [2.75, 3.05) is 20.8 Å². The fraction of sp³-hybridized carbons (Fsp3) is 0.294. The Balaban J connectivity index is 1.66. The molecule has 0 spiro atoms. The van der Waals surface area contributed by atoms with Crippen LogP contribution in [-0.2, 0) is 22.9 Å². The topological polar surface area (TPSA) is 24.9 Å². The summed E-state index contributed by atoms with van der Waals surface area (Å²) in [7, 11) is 3.79. The molecule has 0 unspecified atom stereocenters. The Kier molecular flexibility index (Phi) is 6.37. The quantitative estimate of drug-likeness (QED) is 0.550. The zero-order chi connectivity index (χ0) is 14.9. The number of rotatable bonds is 8. The molecule has 0 saturated carbocycles. The monoisotopic (exact) mass is 286 g/mol. The molecule has 112 valence electrons. The van der Waals surface area contributed by atoms with E-state index in [0.717, 1.165) is 11.1 Å². The molecule has 2 aromatic rings. The predicted octanol–water partition coefficient (Wildman–Crippen LogP) is 3.07. The molecular weight excluding hydrogens is 264 g/mol. The van der Waals surface area contributed by atoms with Crippen LogP contribution in [-0.4, -0.2) is 30.9 Å². The van der Waals surface area contributed by atoms with Gasteiger partial charge in [-0.3, -0.25) is 9.68 Å². The van der Waals surface area contributed by atoms with Crippen LogP contribution in [0.3, 0.4) is 0 Å². The van der Waals surface area contributed by atoms with Gasteiger partial charge in [0.25, 0.3) is 0 Å². The predicted molar refractivity (Wildman–Crippen MR) is 82.9 cm³/mol. The first-order chi connectivity index (χ1) is 10.2. The van der Waals surface area contributed by atoms with Crippen LogP contribution in [0.4, 0.5) is 0 Å². The molecule has 4 nitrogen and oxygen atoms in total. The Morgan fingerprint density at radius 1 is 0.667 bits per heavy atom. The molecule has 0 fully saturated rings. The number of hydrogen-bond donors (Lipinski definition) is 0. The minimum atomic E-state index is 0.559. The van der Waals surface area contributed by atoms with E-state index in [2.05, 4.69) is 0 Å². The minimum Gasteiger partial charge on any atom is -0.293 e. The van der Waals surface area contributed by atoms with Crippen LogP contribution >= 0.6 is 0 Å². The second-order valence-electron chi connectivity index (χ2n) is 4.92. The zero-order valence-corrected chi connectivity index (χ0v) is 12.6. The first-order valence-corrected chi connectivity index (χ1v) is 7.00. The summed E-state index contributed by atoms with van der Waals surface area (Å²) in [5.41, 5.74) is 2.30. The van der Waals surface area contributed by atoms with Gasteiger partial charge in [-0.2, -0.15) is 10.1 Å². The highest BCUT2D eigenvalue weighted by molar-refractivity contribution is 5.13. The molecule has 0 N–H and O–H groups in total. The second kappa shape index (κ2) is 8.54. The molecule has 0 aromatic heterocycles. The minimum absolute atomic E-state index is 0.559. The molecule has 0 aliphatic heterocycles. The lowest BCUT2D eigenvalue weighted by Crippen LogP contribution is -2.33. The van der Waals surface area contributed by atoms with E-state index < -0.39 is 0 Å². The Morgan fingerprint density at radius 3 is 1.43 bits per heavy atom. The SMILES string of the molecule is CN(CN(C)OCc1ccccc1)OCc1ccccc1. The first kappa shape index (κ1) is 15.7. The molecule has 0 bridgehead atoms. The van der Waals surface area contributed by atoms with Gasteiger partial charge in [-0.1, -0.05) is 60.7 Å². The van der Waals surface area contributed by atoms with Gasteiger partial charge in [-0.25, -0.2) is 0 Å². The van der Waals surface area contributed by atoms with E-state index in [1.165, 1.54) is 0 Å². The van der Waals surface area contributed by atoms with E-state index >= 15 is 0 Å². The number of hydrogen-bond acceptors (Lipinski definition) is 4. The molecule has 0 heterocycles. The fourth-order valence-corrected chi connectivity index (χ4v) is 1.88. The Morgan fingerprint density at radius 2 is 1.05 bits per heavy atom. The van der Waals surface area contributed by atoms with Crippen LogP contribution in [0.15, 0.2) is 60.7 Å². The molecular formula is C17H22N2O2. The summed E-state index contributed by atoms with van der Waals surface area (Å²) in [6.07, 6.45) is 0. The largest absolute Gasteiger partial charge is 0.293 e. The molecule has 2 aromatic carbocycles. The maximum atomic E-state index is 5.66. The molecule has 0 radical (unpaired) electrons. The summed E-state index contributed by atoms with van der Waals surface area (Å²) in [4.78, 5) is 11.3. The van der Waals surface area contributed by atoms with E-state index in [9.17, 15) is 0 Å². The van der Waals surface area contributed by atoms with Crippen molar-refractivity contribution in [3.8, 4) is 0 Å². The summed E-state index contributed by atoms with van der Waals surface area (Å²) in [6.45, 7) is 1.69. The molecule has 0 aliphatic rings. The molecule has 4 heteroatoms. The van der Waals surface area contributed by atoms with E-state index in [-0.39, 0.29) is 0 Å². The number of nitrogens with zero attached hydrogens (tertiary/aromatic N) is 2. The van der Waals surface area contributed by atoms with Crippen molar-refractivity contribution < 1.29 is 9.68 Å². The van der Waals surface area contributed by atoms with Gasteiger partial charge >= 0.3 is 0 Å². The van der Waals surface area contributed by atoms with Gasteiger partial charge in [0.1, 0.15) is 0 Å². The standard InChI is InChI=1S/C17H22N2O2/c1-18(20-13-16-9-5-3-6-10-16)15-19(2)21-14-17-11-7-4-8-12-17/h3-12H,13-15H2,1-2H3. The zero-order valence-electron chi connectivity index (χ0n) is 12.6. The lowest BCUT2D eigenvalue weighted by Gasteiger charge is -2.23. The van der Waals surface area contributed by atoms with Crippen LogP contribution in [0.1, 0.15) is 11.1 Å². The smallest absolute Gasteiger partial charge is 0.0993 e. The van der Waals surface area contributed by atoms with Crippen LogP contribution in [0.5, 0.6) is 0 Å². The van der Waals surface area contributed by atoms with Crippen LogP contribution in [0, 0.1) is 0 Å². The Hall–Kier alpha value is -1.72. The maximum absolute atomic E-state index is 5.66. The van der Waals surface area contributed by atoms with Gasteiger partial charge in [0.15, 0.2) is 0 Å². The van der Waals surface area contributed by atoms with Gasteiger partial charge in [-0.05, 0) is 11.1 Å². The van der Waals surface area contributed by atoms with Gasteiger partial charge in [-0.15, -0.1) is 0 Å². The molecule has 0 atom stereocenters. The highest BCUT2D eigenvalue weighted by atomic mass is 16.7. The molecule has 21 heavy (non-hydrogen) atoms. The summed E-state index contributed by atoms with van der Waals surface area (Å²) in [5.74, 6) is 0. The highest BCUT2D eigenvalue weighted by Gasteiger charge is 2.05. The van der Waals surface area contributed by atoms with E-state index in [4.69, 9.17) is 9.68 Å². The highest BCUT2D eigenvalue weighted by Crippen LogP contribution is 2.04. The van der Waals surface area contributed by atoms with Gasteiger partial charge in [0.2, 0.25) is 0 Å². The summed E-state index contributed by atoms with van der Waals surface area (Å²) < 4.78 is 0. The van der Waals surface area contributed by atoms with Crippen LogP contribution in [0.2, 0.25) is 0 Å². The Labute approximate surface area is 126 Å². The molecule has 2 rings (SSSR count). The summed E-state index contributed by atoms with van der Waals surface area (Å²) in [6, 6.07) is 20.2.